The molecule has 0 radical (unpaired) electrons. The number of hydrogen-bond acceptors (Lipinski definition) is 5. The van der Waals surface area contributed by atoms with E-state index in [1.807, 2.05) is 47.1 Å². The summed E-state index contributed by atoms with van der Waals surface area (Å²) in [5.41, 5.74) is 8.58. The van der Waals surface area contributed by atoms with Crippen LogP contribution in [0.1, 0.15) is 6.42 Å². The third kappa shape index (κ3) is 3.56. The van der Waals surface area contributed by atoms with Crippen LogP contribution in [0.5, 0.6) is 11.5 Å². The van der Waals surface area contributed by atoms with Gasteiger partial charge in [-0.1, -0.05) is 0 Å². The Kier molecular flexibility index (Phi) is 4.85. The minimum atomic E-state index is -0.109. The van der Waals surface area contributed by atoms with E-state index in [0.29, 0.717) is 30.2 Å². The van der Waals surface area contributed by atoms with E-state index in [1.54, 1.807) is 14.2 Å². The van der Waals surface area contributed by atoms with Crippen LogP contribution >= 0.6 is 0 Å². The molecule has 2 heterocycles. The van der Waals surface area contributed by atoms with Crippen LogP contribution < -0.4 is 20.5 Å². The van der Waals surface area contributed by atoms with Gasteiger partial charge in [-0.3, -0.25) is 4.79 Å². The highest BCUT2D eigenvalue weighted by Crippen LogP contribution is 2.32. The molecule has 3 aromatic rings. The Morgan fingerprint density at radius 1 is 1.16 bits per heavy atom. The topological polar surface area (TPSA) is 90.9 Å². The number of methoxy groups -OCH3 is 2. The lowest BCUT2D eigenvalue weighted by molar-refractivity contribution is -0.116. The molecule has 1 amide bonds. The van der Waals surface area contributed by atoms with Gasteiger partial charge in [-0.15, -0.1) is 0 Å². The van der Waals surface area contributed by atoms with Crippen LogP contribution in [0.4, 0.5) is 5.69 Å². The summed E-state index contributed by atoms with van der Waals surface area (Å²) in [4.78, 5) is 16.3. The highest BCUT2D eigenvalue weighted by atomic mass is 16.5. The van der Waals surface area contributed by atoms with E-state index in [1.165, 1.54) is 0 Å². The summed E-state index contributed by atoms with van der Waals surface area (Å²) >= 11 is 0. The van der Waals surface area contributed by atoms with Crippen LogP contribution in [0.3, 0.4) is 0 Å². The van der Waals surface area contributed by atoms with E-state index in [4.69, 9.17) is 15.2 Å². The fourth-order valence-corrected chi connectivity index (χ4v) is 2.55. The van der Waals surface area contributed by atoms with Gasteiger partial charge < -0.3 is 24.9 Å². The average molecular weight is 340 g/mol. The molecule has 0 bridgehead atoms. The maximum Gasteiger partial charge on any atom is 0.225 e. The molecule has 0 aliphatic rings. The first kappa shape index (κ1) is 16.8. The number of pyridine rings is 1. The van der Waals surface area contributed by atoms with E-state index in [-0.39, 0.29) is 5.91 Å². The van der Waals surface area contributed by atoms with Gasteiger partial charge in [-0.2, -0.15) is 0 Å². The number of nitrogens with zero attached hydrogens (tertiary/aromatic N) is 2. The van der Waals surface area contributed by atoms with Gasteiger partial charge >= 0.3 is 0 Å². The Balaban J connectivity index is 1.92. The quantitative estimate of drug-likeness (QED) is 0.718. The minimum absolute atomic E-state index is 0.109. The standard InChI is InChI=1S/C18H20N4O3/c1-24-15-5-3-12(9-16(15)25-2)14-11-22-10-13(4-6-17(22)21-14)20-18(23)7-8-19/h3-6,9-11H,7-8,19H2,1-2H3,(H,20,23). The predicted octanol–water partition coefficient (Wildman–Crippen LogP) is 2.31. The second-order valence-corrected chi connectivity index (χ2v) is 5.47. The Labute approximate surface area is 145 Å². The molecule has 3 N–H and O–H groups in total. The number of nitrogens with one attached hydrogen (secondary N) is 1. The Morgan fingerprint density at radius 3 is 2.68 bits per heavy atom. The minimum Gasteiger partial charge on any atom is -0.493 e. The summed E-state index contributed by atoms with van der Waals surface area (Å²) in [5, 5.41) is 2.81. The predicted molar refractivity (Wildman–Crippen MR) is 96.0 cm³/mol. The number of benzene rings is 1. The number of anilines is 1. The van der Waals surface area contributed by atoms with Crippen LogP contribution in [0.15, 0.2) is 42.7 Å². The SMILES string of the molecule is COc1ccc(-c2cn3cc(NC(=O)CCN)ccc3n2)cc1OC. The first-order chi connectivity index (χ1) is 12.1. The zero-order valence-corrected chi connectivity index (χ0v) is 14.2. The summed E-state index contributed by atoms with van der Waals surface area (Å²) in [6.45, 7) is 0.322. The first-order valence-electron chi connectivity index (χ1n) is 7.85. The number of amides is 1. The third-order valence-corrected chi connectivity index (χ3v) is 3.79. The maximum absolute atomic E-state index is 11.7. The second kappa shape index (κ2) is 7.23. The monoisotopic (exact) mass is 340 g/mol. The normalized spacial score (nSPS) is 10.7. The number of ether oxygens (including phenoxy) is 2. The largest absolute Gasteiger partial charge is 0.493 e. The van der Waals surface area contributed by atoms with Crippen molar-refractivity contribution >= 4 is 17.2 Å². The van der Waals surface area contributed by atoms with Crippen molar-refractivity contribution in [2.24, 2.45) is 5.73 Å². The summed E-state index contributed by atoms with van der Waals surface area (Å²) in [6.07, 6.45) is 4.01. The molecule has 0 unspecified atom stereocenters. The molecule has 0 spiro atoms. The molecular formula is C18H20N4O3. The molecule has 25 heavy (non-hydrogen) atoms. The Bertz CT molecular complexity index is 904. The van der Waals surface area contributed by atoms with Gasteiger partial charge in [-0.25, -0.2) is 4.98 Å². The highest BCUT2D eigenvalue weighted by Gasteiger charge is 2.10. The van der Waals surface area contributed by atoms with Crippen LogP contribution in [0.2, 0.25) is 0 Å². The zero-order chi connectivity index (χ0) is 17.8. The van der Waals surface area contributed by atoms with Gasteiger partial charge in [-0.05, 0) is 30.3 Å². The number of rotatable bonds is 6. The van der Waals surface area contributed by atoms with E-state index < -0.39 is 0 Å². The highest BCUT2D eigenvalue weighted by molar-refractivity contribution is 5.90. The molecule has 3 rings (SSSR count). The van der Waals surface area contributed by atoms with Crippen LogP contribution in [-0.2, 0) is 4.79 Å². The van der Waals surface area contributed by atoms with Crippen LogP contribution in [0.25, 0.3) is 16.9 Å². The molecule has 0 fully saturated rings. The fraction of sp³-hybridized carbons (Fsp3) is 0.222. The molecule has 0 aliphatic carbocycles. The molecule has 130 valence electrons. The molecule has 7 heteroatoms. The van der Waals surface area contributed by atoms with E-state index >= 15 is 0 Å². The number of hydrogen-bond donors (Lipinski definition) is 2. The lowest BCUT2D eigenvalue weighted by atomic mass is 10.1. The van der Waals surface area contributed by atoms with Crippen LogP contribution in [0, 0.1) is 0 Å². The van der Waals surface area contributed by atoms with Crippen molar-refractivity contribution in [2.45, 2.75) is 6.42 Å². The number of carbonyl (C=O) groups is 1. The van der Waals surface area contributed by atoms with Crippen molar-refractivity contribution in [3.63, 3.8) is 0 Å². The third-order valence-electron chi connectivity index (χ3n) is 3.79. The van der Waals surface area contributed by atoms with Gasteiger partial charge in [0.25, 0.3) is 0 Å². The lowest BCUT2D eigenvalue weighted by Crippen LogP contribution is -2.16. The average Bonchev–Trinajstić information content (AvgIpc) is 3.04. The number of imidazole rings is 1. The smallest absolute Gasteiger partial charge is 0.225 e. The summed E-state index contributed by atoms with van der Waals surface area (Å²) in [5.74, 6) is 1.20. The zero-order valence-electron chi connectivity index (χ0n) is 14.2. The maximum atomic E-state index is 11.7. The van der Waals surface area contributed by atoms with Crippen molar-refractivity contribution in [1.29, 1.82) is 0 Å². The molecular weight excluding hydrogens is 320 g/mol. The van der Waals surface area contributed by atoms with Gasteiger partial charge in [0.05, 0.1) is 25.6 Å². The Morgan fingerprint density at radius 2 is 1.96 bits per heavy atom. The van der Waals surface area contributed by atoms with Gasteiger partial charge in [0.1, 0.15) is 5.65 Å². The van der Waals surface area contributed by atoms with Crippen molar-refractivity contribution < 1.29 is 14.3 Å². The van der Waals surface area contributed by atoms with Crippen molar-refractivity contribution in [3.05, 3.63) is 42.7 Å². The molecule has 0 aliphatic heterocycles. The van der Waals surface area contributed by atoms with Crippen molar-refractivity contribution in [3.8, 4) is 22.8 Å². The Hall–Kier alpha value is -3.06. The molecule has 0 atom stereocenters. The van der Waals surface area contributed by atoms with E-state index in [2.05, 4.69) is 10.3 Å². The van der Waals surface area contributed by atoms with E-state index in [9.17, 15) is 4.79 Å². The molecule has 0 saturated heterocycles. The van der Waals surface area contributed by atoms with Gasteiger partial charge in [0.15, 0.2) is 11.5 Å². The number of nitrogens with two attached hydrogens (primary N) is 1. The van der Waals surface area contributed by atoms with Crippen molar-refractivity contribution in [2.75, 3.05) is 26.1 Å². The molecule has 0 saturated carbocycles. The van der Waals surface area contributed by atoms with Gasteiger partial charge in [0, 0.05) is 30.9 Å². The second-order valence-electron chi connectivity index (χ2n) is 5.47. The van der Waals surface area contributed by atoms with Crippen molar-refractivity contribution in [1.82, 2.24) is 9.38 Å². The summed E-state index contributed by atoms with van der Waals surface area (Å²) < 4.78 is 12.5. The number of carbonyl (C=O) groups excluding carboxylic acids is 1. The number of fused-ring (bicyclic) bond motifs is 1. The van der Waals surface area contributed by atoms with Crippen LogP contribution in [-0.4, -0.2) is 36.1 Å². The molecule has 2 aromatic heterocycles. The lowest BCUT2D eigenvalue weighted by Gasteiger charge is -2.08. The number of aromatic nitrogens is 2. The van der Waals surface area contributed by atoms with E-state index in [0.717, 1.165) is 16.9 Å². The fourth-order valence-electron chi connectivity index (χ4n) is 2.55. The molecule has 7 nitrogen and oxygen atoms in total. The summed E-state index contributed by atoms with van der Waals surface area (Å²) in [7, 11) is 3.20. The van der Waals surface area contributed by atoms with Gasteiger partial charge in [0.2, 0.25) is 5.91 Å². The summed E-state index contributed by atoms with van der Waals surface area (Å²) in [6, 6.07) is 9.31. The molecule has 1 aromatic carbocycles. The first-order valence-corrected chi connectivity index (χ1v) is 7.85.